The van der Waals surface area contributed by atoms with Crippen LogP contribution in [0.2, 0.25) is 0 Å². The number of carbonyl (C=O) groups is 3. The molecule has 0 heterocycles. The highest BCUT2D eigenvalue weighted by atomic mass is 16.6. The summed E-state index contributed by atoms with van der Waals surface area (Å²) in [7, 11) is 0. The Morgan fingerprint density at radius 3 is 2.23 bits per heavy atom. The molecule has 0 aliphatic carbocycles. The van der Waals surface area contributed by atoms with Crippen molar-refractivity contribution in [2.24, 2.45) is 5.92 Å². The molecule has 0 saturated heterocycles. The van der Waals surface area contributed by atoms with Gasteiger partial charge >= 0.3 is 6.09 Å². The molecule has 196 valence electrons. The van der Waals surface area contributed by atoms with Crippen LogP contribution in [-0.2, 0) is 14.3 Å². The van der Waals surface area contributed by atoms with Gasteiger partial charge in [0.25, 0.3) is 0 Å². The van der Waals surface area contributed by atoms with E-state index in [1.165, 1.54) is 4.90 Å². The number of aryl methyl sites for hydroxylation is 2. The third-order valence-electron chi connectivity index (χ3n) is 5.60. The molecule has 7 heteroatoms. The van der Waals surface area contributed by atoms with E-state index in [-0.39, 0.29) is 30.3 Å². The minimum atomic E-state index is -0.876. The van der Waals surface area contributed by atoms with Crippen molar-refractivity contribution in [1.82, 2.24) is 15.5 Å². The Hall–Kier alpha value is -2.83. The van der Waals surface area contributed by atoms with E-state index < -0.39 is 23.8 Å². The highest BCUT2D eigenvalue weighted by molar-refractivity contribution is 5.92. The summed E-state index contributed by atoms with van der Waals surface area (Å²) in [5.74, 6) is -0.855. The van der Waals surface area contributed by atoms with E-state index in [1.54, 1.807) is 26.8 Å². The van der Waals surface area contributed by atoms with Gasteiger partial charge in [-0.1, -0.05) is 57.0 Å². The number of nitrogens with zero attached hydrogens (tertiary/aromatic N) is 1. The second kappa shape index (κ2) is 13.3. The summed E-state index contributed by atoms with van der Waals surface area (Å²) in [6.07, 6.45) is 2.69. The number of alkyl carbamates (subject to hydrolysis) is 1. The van der Waals surface area contributed by atoms with Gasteiger partial charge < -0.3 is 20.3 Å². The van der Waals surface area contributed by atoms with Crippen LogP contribution in [0.4, 0.5) is 4.79 Å². The maximum absolute atomic E-state index is 13.9. The van der Waals surface area contributed by atoms with Gasteiger partial charge in [-0.15, -0.1) is 6.58 Å². The van der Waals surface area contributed by atoms with Crippen molar-refractivity contribution in [3.05, 3.63) is 47.5 Å². The molecule has 3 atom stereocenters. The third kappa shape index (κ3) is 9.38. The number of ether oxygens (including phenoxy) is 1. The van der Waals surface area contributed by atoms with Gasteiger partial charge in [-0.3, -0.25) is 9.59 Å². The quantitative estimate of drug-likeness (QED) is 0.419. The predicted octanol–water partition coefficient (Wildman–Crippen LogP) is 5.21. The number of benzene rings is 1. The lowest BCUT2D eigenvalue weighted by atomic mass is 9.95. The van der Waals surface area contributed by atoms with Crippen molar-refractivity contribution in [3.63, 3.8) is 0 Å². The number of hydrogen-bond donors (Lipinski definition) is 2. The summed E-state index contributed by atoms with van der Waals surface area (Å²) in [5.41, 5.74) is 2.02. The molecule has 0 aliphatic heterocycles. The van der Waals surface area contributed by atoms with Gasteiger partial charge in [-0.25, -0.2) is 4.79 Å². The number of rotatable bonds is 11. The third-order valence-corrected chi connectivity index (χ3v) is 5.60. The van der Waals surface area contributed by atoms with Gasteiger partial charge in [0.15, 0.2) is 0 Å². The Morgan fingerprint density at radius 1 is 1.11 bits per heavy atom. The van der Waals surface area contributed by atoms with Crippen molar-refractivity contribution in [2.45, 2.75) is 98.9 Å². The van der Waals surface area contributed by atoms with Crippen molar-refractivity contribution in [1.29, 1.82) is 0 Å². The van der Waals surface area contributed by atoms with Gasteiger partial charge in [0.1, 0.15) is 17.7 Å². The fraction of sp³-hybridized carbons (Fsp3) is 0.607. The van der Waals surface area contributed by atoms with E-state index in [0.717, 1.165) is 29.5 Å². The monoisotopic (exact) mass is 487 g/mol. The molecular weight excluding hydrogens is 442 g/mol. The van der Waals surface area contributed by atoms with E-state index in [4.69, 9.17) is 4.74 Å². The molecule has 0 spiro atoms. The molecule has 3 unspecified atom stereocenters. The van der Waals surface area contributed by atoms with Crippen molar-refractivity contribution < 1.29 is 19.1 Å². The maximum atomic E-state index is 13.9. The first-order chi connectivity index (χ1) is 16.2. The summed E-state index contributed by atoms with van der Waals surface area (Å²) >= 11 is 0. The number of amides is 3. The highest BCUT2D eigenvalue weighted by Gasteiger charge is 2.37. The van der Waals surface area contributed by atoms with E-state index in [2.05, 4.69) is 24.1 Å². The Balaban J connectivity index is 3.49. The largest absolute Gasteiger partial charge is 0.444 e. The number of nitrogens with one attached hydrogen (secondary N) is 2. The van der Waals surface area contributed by atoms with Crippen molar-refractivity contribution >= 4 is 17.9 Å². The fourth-order valence-electron chi connectivity index (χ4n) is 4.00. The Bertz CT molecular complexity index is 889. The lowest BCUT2D eigenvalue weighted by Crippen LogP contribution is -2.55. The Morgan fingerprint density at radius 2 is 1.74 bits per heavy atom. The van der Waals surface area contributed by atoms with E-state index in [1.807, 2.05) is 52.8 Å². The predicted molar refractivity (Wildman–Crippen MR) is 141 cm³/mol. The second-order valence-electron chi connectivity index (χ2n) is 10.6. The smallest absolute Gasteiger partial charge is 0.408 e. The summed E-state index contributed by atoms with van der Waals surface area (Å²) in [6, 6.07) is 4.05. The highest BCUT2D eigenvalue weighted by Crippen LogP contribution is 2.27. The minimum Gasteiger partial charge on any atom is -0.444 e. The van der Waals surface area contributed by atoms with Gasteiger partial charge in [-0.05, 0) is 65.0 Å². The molecule has 0 aromatic heterocycles. The van der Waals surface area contributed by atoms with Crippen LogP contribution in [0.25, 0.3) is 0 Å². The first kappa shape index (κ1) is 30.2. The first-order valence-corrected chi connectivity index (χ1v) is 12.5. The summed E-state index contributed by atoms with van der Waals surface area (Å²) in [6.45, 7) is 20.9. The van der Waals surface area contributed by atoms with Gasteiger partial charge in [0.05, 0.1) is 0 Å². The molecular formula is C28H45N3O4. The average Bonchev–Trinajstić information content (AvgIpc) is 2.71. The topological polar surface area (TPSA) is 87.7 Å². The summed E-state index contributed by atoms with van der Waals surface area (Å²) in [4.78, 5) is 41.6. The van der Waals surface area contributed by atoms with Gasteiger partial charge in [0.2, 0.25) is 11.8 Å². The molecule has 35 heavy (non-hydrogen) atoms. The Kier molecular flexibility index (Phi) is 11.5. The molecule has 0 bridgehead atoms. The second-order valence-corrected chi connectivity index (χ2v) is 10.6. The van der Waals surface area contributed by atoms with Crippen LogP contribution in [0.15, 0.2) is 30.9 Å². The van der Waals surface area contributed by atoms with Gasteiger partial charge in [-0.2, -0.15) is 0 Å². The van der Waals surface area contributed by atoms with Crippen molar-refractivity contribution in [2.75, 3.05) is 6.54 Å². The molecule has 1 aromatic carbocycles. The minimum absolute atomic E-state index is 0.0396. The van der Waals surface area contributed by atoms with Crippen LogP contribution in [0.1, 0.15) is 84.0 Å². The molecule has 0 aliphatic rings. The Labute approximate surface area is 211 Å². The summed E-state index contributed by atoms with van der Waals surface area (Å²) < 4.78 is 5.39. The molecule has 7 nitrogen and oxygen atoms in total. The lowest BCUT2D eigenvalue weighted by Gasteiger charge is -2.36. The average molecular weight is 488 g/mol. The van der Waals surface area contributed by atoms with Crippen LogP contribution in [0.5, 0.6) is 0 Å². The number of carbonyl (C=O) groups excluding carboxylic acids is 3. The van der Waals surface area contributed by atoms with Crippen LogP contribution in [-0.4, -0.2) is 47.0 Å². The fourth-order valence-corrected chi connectivity index (χ4v) is 4.00. The van der Waals surface area contributed by atoms with E-state index >= 15 is 0 Å². The van der Waals surface area contributed by atoms with Crippen LogP contribution >= 0.6 is 0 Å². The molecule has 0 fully saturated rings. The van der Waals surface area contributed by atoms with Crippen LogP contribution < -0.4 is 10.6 Å². The normalized spacial score (nSPS) is 14.0. The molecule has 3 amide bonds. The molecule has 1 aromatic rings. The van der Waals surface area contributed by atoms with E-state index in [0.29, 0.717) is 0 Å². The maximum Gasteiger partial charge on any atom is 0.408 e. The SMILES string of the molecule is C=CCN(C(=O)C(NC(=O)OC(C)(C)C)C(C)C)C(C(=O)NC(C)CCC)c1ccc(C)cc1C. The molecule has 2 N–H and O–H groups in total. The van der Waals surface area contributed by atoms with E-state index in [9.17, 15) is 14.4 Å². The summed E-state index contributed by atoms with van der Waals surface area (Å²) in [5, 5.41) is 5.80. The van der Waals surface area contributed by atoms with Gasteiger partial charge in [0, 0.05) is 12.6 Å². The zero-order chi connectivity index (χ0) is 26.9. The molecule has 0 saturated carbocycles. The zero-order valence-corrected chi connectivity index (χ0v) is 23.0. The standard InChI is InChI=1S/C28H45N3O4/c1-11-13-21(7)29-25(32)24(22-15-14-19(5)17-20(22)6)31(16-12-2)26(33)23(18(3)4)30-27(34)35-28(8,9)10/h12,14-15,17-18,21,23-24H,2,11,13,16H2,1,3-10H3,(H,29,32)(H,30,34). The number of hydrogen-bond acceptors (Lipinski definition) is 4. The zero-order valence-electron chi connectivity index (χ0n) is 23.0. The van der Waals surface area contributed by atoms with Crippen LogP contribution in [0, 0.1) is 19.8 Å². The molecule has 0 radical (unpaired) electrons. The molecule has 1 rings (SSSR count). The van der Waals surface area contributed by atoms with Crippen LogP contribution in [0.3, 0.4) is 0 Å². The van der Waals surface area contributed by atoms with Crippen molar-refractivity contribution in [3.8, 4) is 0 Å². The first-order valence-electron chi connectivity index (χ1n) is 12.5. The lowest BCUT2D eigenvalue weighted by molar-refractivity contribution is -0.143.